The van der Waals surface area contributed by atoms with Crippen molar-refractivity contribution >= 4 is 17.0 Å². The van der Waals surface area contributed by atoms with Crippen LogP contribution in [0.1, 0.15) is 12.6 Å². The fraction of sp³-hybridized carbons (Fsp3) is 0.643. The molecule has 2 aromatic heterocycles. The van der Waals surface area contributed by atoms with Gasteiger partial charge in [0.05, 0.1) is 19.5 Å². The summed E-state index contributed by atoms with van der Waals surface area (Å²) in [5.74, 6) is 0.337. The number of methoxy groups -OCH3 is 2. The minimum atomic E-state index is -0.519. The Morgan fingerprint density at radius 2 is 2.26 bits per heavy atom. The second-order valence-electron chi connectivity index (χ2n) is 5.83. The van der Waals surface area contributed by atoms with Gasteiger partial charge in [0.1, 0.15) is 29.7 Å². The Kier molecular flexibility index (Phi) is 3.45. The number of aromatic nitrogens is 4. The third-order valence-corrected chi connectivity index (χ3v) is 4.60. The number of nitrogens with two attached hydrogens (primary N) is 1. The average molecular weight is 321 g/mol. The molecular formula is C14H19N5O4. The highest BCUT2D eigenvalue weighted by Gasteiger charge is 2.60. The van der Waals surface area contributed by atoms with Gasteiger partial charge in [0.25, 0.3) is 0 Å². The van der Waals surface area contributed by atoms with E-state index in [-0.39, 0.29) is 12.2 Å². The standard InChI is InChI=1S/C14H19N5O4/c1-20-5-14-3-4-22-10(14)9(21-2)13(23-14)19-7-18-8-11(15)16-6-17-12(8)19/h6-7,9-10,13H,3-5H2,1-2H3,(H2,15,16,17)/t9-,10?,13+,14+/m0/s1. The lowest BCUT2D eigenvalue weighted by Gasteiger charge is -2.26. The Morgan fingerprint density at radius 3 is 3.04 bits per heavy atom. The van der Waals surface area contributed by atoms with Gasteiger partial charge in [-0.05, 0) is 0 Å². The van der Waals surface area contributed by atoms with E-state index in [4.69, 9.17) is 24.7 Å². The predicted octanol–water partition coefficient (Wildman–Crippen LogP) is 0.126. The van der Waals surface area contributed by atoms with Crippen molar-refractivity contribution in [1.29, 1.82) is 0 Å². The Hall–Kier alpha value is -1.81. The zero-order chi connectivity index (χ0) is 16.0. The zero-order valence-corrected chi connectivity index (χ0v) is 13.0. The first-order valence-electron chi connectivity index (χ1n) is 7.44. The summed E-state index contributed by atoms with van der Waals surface area (Å²) in [6, 6.07) is 0. The molecule has 2 aliphatic rings. The van der Waals surface area contributed by atoms with Crippen LogP contribution < -0.4 is 5.73 Å². The normalized spacial score (nSPS) is 33.4. The minimum absolute atomic E-state index is 0.200. The van der Waals surface area contributed by atoms with Crippen molar-refractivity contribution in [2.75, 3.05) is 33.2 Å². The second-order valence-corrected chi connectivity index (χ2v) is 5.83. The van der Waals surface area contributed by atoms with Crippen molar-refractivity contribution < 1.29 is 18.9 Å². The Morgan fingerprint density at radius 1 is 1.39 bits per heavy atom. The van der Waals surface area contributed by atoms with Crippen LogP contribution in [0.25, 0.3) is 11.2 Å². The smallest absolute Gasteiger partial charge is 0.167 e. The molecule has 4 heterocycles. The topological polar surface area (TPSA) is 107 Å². The molecule has 0 amide bonds. The first-order valence-corrected chi connectivity index (χ1v) is 7.44. The van der Waals surface area contributed by atoms with E-state index >= 15 is 0 Å². The van der Waals surface area contributed by atoms with Crippen LogP contribution in [0.2, 0.25) is 0 Å². The third kappa shape index (κ3) is 2.04. The van der Waals surface area contributed by atoms with Crippen molar-refractivity contribution in [1.82, 2.24) is 19.5 Å². The maximum Gasteiger partial charge on any atom is 0.167 e. The molecule has 124 valence electrons. The van der Waals surface area contributed by atoms with Gasteiger partial charge in [-0.15, -0.1) is 0 Å². The fourth-order valence-corrected chi connectivity index (χ4v) is 3.57. The molecule has 2 fully saturated rings. The van der Waals surface area contributed by atoms with Crippen molar-refractivity contribution in [2.24, 2.45) is 0 Å². The highest BCUT2D eigenvalue weighted by Crippen LogP contribution is 2.46. The van der Waals surface area contributed by atoms with Crippen molar-refractivity contribution in [3.05, 3.63) is 12.7 Å². The SMILES string of the molecule is COC[C@]12CCOC1[C@H](OC)[C@H](n1cnc3c(N)ncnc31)O2. The molecule has 0 radical (unpaired) electrons. The number of nitrogen functional groups attached to an aromatic ring is 1. The van der Waals surface area contributed by atoms with Crippen LogP contribution in [0.4, 0.5) is 5.82 Å². The van der Waals surface area contributed by atoms with Crippen LogP contribution in [0.3, 0.4) is 0 Å². The third-order valence-electron chi connectivity index (χ3n) is 4.60. The number of nitrogens with zero attached hydrogens (tertiary/aromatic N) is 4. The molecule has 2 aromatic rings. The van der Waals surface area contributed by atoms with Crippen molar-refractivity contribution in [3.8, 4) is 0 Å². The molecule has 1 unspecified atom stereocenters. The number of rotatable bonds is 4. The lowest BCUT2D eigenvalue weighted by Crippen LogP contribution is -2.43. The summed E-state index contributed by atoms with van der Waals surface area (Å²) in [5, 5.41) is 0. The molecular weight excluding hydrogens is 302 g/mol. The van der Waals surface area contributed by atoms with Crippen LogP contribution in [-0.2, 0) is 18.9 Å². The summed E-state index contributed by atoms with van der Waals surface area (Å²) >= 11 is 0. The van der Waals surface area contributed by atoms with Crippen LogP contribution in [0, 0.1) is 0 Å². The van der Waals surface area contributed by atoms with E-state index in [1.54, 1.807) is 20.5 Å². The maximum absolute atomic E-state index is 6.36. The van der Waals surface area contributed by atoms with E-state index in [2.05, 4.69) is 15.0 Å². The molecule has 9 nitrogen and oxygen atoms in total. The lowest BCUT2D eigenvalue weighted by molar-refractivity contribution is -0.116. The Labute approximate surface area is 132 Å². The fourth-order valence-electron chi connectivity index (χ4n) is 3.57. The van der Waals surface area contributed by atoms with Gasteiger partial charge < -0.3 is 24.7 Å². The number of ether oxygens (including phenoxy) is 4. The highest BCUT2D eigenvalue weighted by atomic mass is 16.6. The van der Waals surface area contributed by atoms with Gasteiger partial charge in [0.15, 0.2) is 17.7 Å². The molecule has 9 heteroatoms. The Balaban J connectivity index is 1.77. The number of hydrogen-bond acceptors (Lipinski definition) is 8. The lowest BCUT2D eigenvalue weighted by atomic mass is 9.95. The monoisotopic (exact) mass is 321 g/mol. The van der Waals surface area contributed by atoms with Gasteiger partial charge in [-0.25, -0.2) is 15.0 Å². The summed E-state index contributed by atoms with van der Waals surface area (Å²) in [5.41, 5.74) is 6.49. The molecule has 0 saturated carbocycles. The number of fused-ring (bicyclic) bond motifs is 2. The van der Waals surface area contributed by atoms with Crippen LogP contribution >= 0.6 is 0 Å². The van der Waals surface area contributed by atoms with E-state index in [0.29, 0.717) is 30.2 Å². The van der Waals surface area contributed by atoms with E-state index in [1.165, 1.54) is 6.33 Å². The number of anilines is 1. The van der Waals surface area contributed by atoms with E-state index in [1.807, 2.05) is 4.57 Å². The predicted molar refractivity (Wildman–Crippen MR) is 79.6 cm³/mol. The summed E-state index contributed by atoms with van der Waals surface area (Å²) in [4.78, 5) is 12.5. The average Bonchev–Trinajstić information content (AvgIpc) is 3.19. The summed E-state index contributed by atoms with van der Waals surface area (Å²) in [6.07, 6.45) is 2.91. The summed E-state index contributed by atoms with van der Waals surface area (Å²) in [7, 11) is 3.30. The molecule has 0 aromatic carbocycles. The molecule has 0 spiro atoms. The van der Waals surface area contributed by atoms with Gasteiger partial charge in [0.2, 0.25) is 0 Å². The number of imidazole rings is 1. The van der Waals surface area contributed by atoms with Gasteiger partial charge in [-0.1, -0.05) is 0 Å². The van der Waals surface area contributed by atoms with Crippen LogP contribution in [-0.4, -0.2) is 64.8 Å². The van der Waals surface area contributed by atoms with E-state index < -0.39 is 11.8 Å². The molecule has 23 heavy (non-hydrogen) atoms. The first-order chi connectivity index (χ1) is 11.2. The molecule has 4 atom stereocenters. The van der Waals surface area contributed by atoms with Gasteiger partial charge in [0, 0.05) is 20.6 Å². The largest absolute Gasteiger partial charge is 0.382 e. The van der Waals surface area contributed by atoms with E-state index in [9.17, 15) is 0 Å². The van der Waals surface area contributed by atoms with Crippen molar-refractivity contribution in [3.63, 3.8) is 0 Å². The minimum Gasteiger partial charge on any atom is -0.382 e. The van der Waals surface area contributed by atoms with Gasteiger partial charge in [-0.3, -0.25) is 4.57 Å². The van der Waals surface area contributed by atoms with Gasteiger partial charge in [-0.2, -0.15) is 0 Å². The molecule has 0 bridgehead atoms. The van der Waals surface area contributed by atoms with Crippen molar-refractivity contribution in [2.45, 2.75) is 30.5 Å². The van der Waals surface area contributed by atoms with E-state index in [0.717, 1.165) is 6.42 Å². The summed E-state index contributed by atoms with van der Waals surface area (Å²) < 4.78 is 25.1. The van der Waals surface area contributed by atoms with Crippen LogP contribution in [0.5, 0.6) is 0 Å². The molecule has 0 aliphatic carbocycles. The zero-order valence-electron chi connectivity index (χ0n) is 13.0. The second kappa shape index (κ2) is 5.38. The molecule has 2 N–H and O–H groups in total. The molecule has 4 rings (SSSR count). The Bertz CT molecular complexity index is 722. The first kappa shape index (κ1) is 14.8. The highest BCUT2D eigenvalue weighted by molar-refractivity contribution is 5.81. The maximum atomic E-state index is 6.36. The molecule has 2 saturated heterocycles. The van der Waals surface area contributed by atoms with Gasteiger partial charge >= 0.3 is 0 Å². The number of hydrogen-bond donors (Lipinski definition) is 1. The quantitative estimate of drug-likeness (QED) is 0.846. The van der Waals surface area contributed by atoms with Crippen LogP contribution in [0.15, 0.2) is 12.7 Å². The summed E-state index contributed by atoms with van der Waals surface area (Å²) in [6.45, 7) is 1.07. The molecule has 2 aliphatic heterocycles.